The summed E-state index contributed by atoms with van der Waals surface area (Å²) in [5, 5.41) is 10.6. The van der Waals surface area contributed by atoms with Crippen LogP contribution in [-0.4, -0.2) is 28.2 Å². The number of phenolic OH excluding ortho intramolecular Hbond substituents is 1. The highest BCUT2D eigenvalue weighted by Gasteiger charge is 2.49. The molecule has 0 aromatic heterocycles. The van der Waals surface area contributed by atoms with Gasteiger partial charge >= 0.3 is 0 Å². The number of phenols is 1. The van der Waals surface area contributed by atoms with Crippen LogP contribution >= 0.6 is 15.9 Å². The predicted octanol–water partition coefficient (Wildman–Crippen LogP) is 7.44. The normalized spacial score (nSPS) is 20.9. The Morgan fingerprint density at radius 2 is 1.47 bits per heavy atom. The molecule has 1 aliphatic heterocycles. The fraction of sp³-hybridized carbons (Fsp3) is 0.438. The van der Waals surface area contributed by atoms with Crippen molar-refractivity contribution in [3.05, 3.63) is 80.6 Å². The van der Waals surface area contributed by atoms with Gasteiger partial charge in [0.1, 0.15) is 0 Å². The number of allylic oxidation sites excluding steroid dienone is 4. The molecule has 0 saturated carbocycles. The first-order chi connectivity index (χ1) is 17.9. The number of ketones is 2. The van der Waals surface area contributed by atoms with Gasteiger partial charge in [-0.1, -0.05) is 58.0 Å². The molecule has 1 N–H and O–H groups in total. The van der Waals surface area contributed by atoms with E-state index in [0.717, 1.165) is 35.4 Å². The monoisotopic (exact) mass is 577 g/mol. The van der Waals surface area contributed by atoms with E-state index < -0.39 is 5.92 Å². The first-order valence-electron chi connectivity index (χ1n) is 13.4. The summed E-state index contributed by atoms with van der Waals surface area (Å²) in [5.74, 6) is 0.0550. The van der Waals surface area contributed by atoms with Crippen molar-refractivity contribution in [2.24, 2.45) is 10.8 Å². The van der Waals surface area contributed by atoms with Gasteiger partial charge in [0.25, 0.3) is 0 Å². The summed E-state index contributed by atoms with van der Waals surface area (Å²) >= 11 is 3.49. The summed E-state index contributed by atoms with van der Waals surface area (Å²) in [6.45, 7) is 11.5. The van der Waals surface area contributed by atoms with E-state index in [1.54, 1.807) is 6.07 Å². The molecule has 200 valence electrons. The van der Waals surface area contributed by atoms with E-state index in [1.165, 1.54) is 0 Å². The Labute approximate surface area is 233 Å². The maximum atomic E-state index is 14.0. The van der Waals surface area contributed by atoms with Crippen molar-refractivity contribution in [3.63, 3.8) is 0 Å². The van der Waals surface area contributed by atoms with Gasteiger partial charge < -0.3 is 14.7 Å². The fourth-order valence-electron chi connectivity index (χ4n) is 6.36. The number of nitrogens with zero attached hydrogens (tertiary/aromatic N) is 1. The standard InChI is InChI=1S/C32H36BrNO4/c1-6-38-26-13-20(12-21(33)30(26)37)27-28-22(14-31(2,3)16-24(28)35)34(18-19-10-8-7-9-11-19)23-15-32(4,5)17-25(36)29(23)27/h7-13,27,37H,6,14-18H2,1-5H3. The molecule has 0 spiro atoms. The minimum atomic E-state index is -0.490. The van der Waals surface area contributed by atoms with Crippen molar-refractivity contribution >= 4 is 27.5 Å². The van der Waals surface area contributed by atoms with Crippen molar-refractivity contribution < 1.29 is 19.4 Å². The SMILES string of the molecule is CCOc1cc(C2C3=C(CC(C)(C)CC3=O)N(Cc3ccccc3)C3=C2C(=O)CC(C)(C)C3)cc(Br)c1O. The van der Waals surface area contributed by atoms with Crippen LogP contribution < -0.4 is 4.74 Å². The summed E-state index contributed by atoms with van der Waals surface area (Å²) in [4.78, 5) is 30.3. The first-order valence-corrected chi connectivity index (χ1v) is 14.2. The third-order valence-electron chi connectivity index (χ3n) is 7.89. The van der Waals surface area contributed by atoms with Crippen LogP contribution in [0.25, 0.3) is 0 Å². The van der Waals surface area contributed by atoms with E-state index in [1.807, 2.05) is 31.2 Å². The Hall–Kier alpha value is -2.86. The lowest BCUT2D eigenvalue weighted by Gasteiger charge is -2.49. The second kappa shape index (κ2) is 9.71. The lowest BCUT2D eigenvalue weighted by molar-refractivity contribution is -0.119. The zero-order valence-electron chi connectivity index (χ0n) is 22.9. The van der Waals surface area contributed by atoms with Gasteiger partial charge in [-0.3, -0.25) is 9.59 Å². The van der Waals surface area contributed by atoms with Gasteiger partial charge in [0, 0.05) is 47.8 Å². The average Bonchev–Trinajstić information content (AvgIpc) is 2.82. The summed E-state index contributed by atoms with van der Waals surface area (Å²) in [6.07, 6.45) is 2.36. The smallest absolute Gasteiger partial charge is 0.172 e. The minimum absolute atomic E-state index is 0.0210. The van der Waals surface area contributed by atoms with Gasteiger partial charge in [0.2, 0.25) is 0 Å². The summed E-state index contributed by atoms with van der Waals surface area (Å²) in [6, 6.07) is 13.9. The quantitative estimate of drug-likeness (QED) is 0.400. The van der Waals surface area contributed by atoms with E-state index in [4.69, 9.17) is 4.74 Å². The molecule has 6 heteroatoms. The van der Waals surface area contributed by atoms with Crippen LogP contribution in [0.2, 0.25) is 0 Å². The highest BCUT2D eigenvalue weighted by atomic mass is 79.9. The van der Waals surface area contributed by atoms with Gasteiger partial charge in [0.05, 0.1) is 11.1 Å². The Balaban J connectivity index is 1.78. The predicted molar refractivity (Wildman–Crippen MR) is 152 cm³/mol. The van der Waals surface area contributed by atoms with Crippen LogP contribution in [0.5, 0.6) is 11.5 Å². The van der Waals surface area contributed by atoms with Crippen LogP contribution in [-0.2, 0) is 16.1 Å². The summed E-state index contributed by atoms with van der Waals surface area (Å²) in [5.41, 5.74) is 5.03. The molecule has 0 radical (unpaired) electrons. The van der Waals surface area contributed by atoms with Crippen molar-refractivity contribution in [1.29, 1.82) is 0 Å². The number of benzene rings is 2. The van der Waals surface area contributed by atoms with Gasteiger partial charge in [-0.25, -0.2) is 0 Å². The number of carbonyl (C=O) groups excluding carboxylic acids is 2. The number of Topliss-reactive ketones (excluding diaryl/α,β-unsaturated/α-hetero) is 2. The van der Waals surface area contributed by atoms with E-state index >= 15 is 0 Å². The topological polar surface area (TPSA) is 66.8 Å². The molecule has 0 bridgehead atoms. The first kappa shape index (κ1) is 26.7. The van der Waals surface area contributed by atoms with Crippen LogP contribution in [0.4, 0.5) is 0 Å². The Morgan fingerprint density at radius 1 is 0.921 bits per heavy atom. The lowest BCUT2D eigenvalue weighted by Crippen LogP contribution is -2.44. The van der Waals surface area contributed by atoms with Gasteiger partial charge in [-0.15, -0.1) is 0 Å². The van der Waals surface area contributed by atoms with Gasteiger partial charge in [-0.2, -0.15) is 0 Å². The molecule has 3 aliphatic rings. The highest BCUT2D eigenvalue weighted by Crippen LogP contribution is 2.55. The molecule has 0 amide bonds. The molecule has 38 heavy (non-hydrogen) atoms. The minimum Gasteiger partial charge on any atom is -0.503 e. The molecule has 1 heterocycles. The molecule has 2 aliphatic carbocycles. The molecule has 5 rings (SSSR count). The Morgan fingerprint density at radius 3 is 2.00 bits per heavy atom. The zero-order chi connectivity index (χ0) is 27.4. The van der Waals surface area contributed by atoms with E-state index in [9.17, 15) is 14.7 Å². The van der Waals surface area contributed by atoms with Gasteiger partial charge in [0.15, 0.2) is 23.1 Å². The third kappa shape index (κ3) is 4.84. The van der Waals surface area contributed by atoms with Crippen molar-refractivity contribution in [3.8, 4) is 11.5 Å². The zero-order valence-corrected chi connectivity index (χ0v) is 24.4. The molecule has 5 nitrogen and oxygen atoms in total. The van der Waals surface area contributed by atoms with Crippen molar-refractivity contribution in [2.75, 3.05) is 6.61 Å². The second-order valence-corrected chi connectivity index (χ2v) is 13.2. The largest absolute Gasteiger partial charge is 0.503 e. The molecule has 0 atom stereocenters. The number of aromatic hydroxyl groups is 1. The van der Waals surface area contributed by atoms with Gasteiger partial charge in [-0.05, 0) is 69.8 Å². The number of halogens is 1. The molecule has 0 saturated heterocycles. The molecular formula is C32H36BrNO4. The van der Waals surface area contributed by atoms with Crippen LogP contribution in [0.1, 0.15) is 77.3 Å². The van der Waals surface area contributed by atoms with E-state index in [-0.39, 0.29) is 28.1 Å². The maximum Gasteiger partial charge on any atom is 0.172 e. The van der Waals surface area contributed by atoms with Crippen LogP contribution in [0, 0.1) is 10.8 Å². The molecule has 0 unspecified atom stereocenters. The molecule has 2 aromatic rings. The third-order valence-corrected chi connectivity index (χ3v) is 8.49. The highest BCUT2D eigenvalue weighted by molar-refractivity contribution is 9.10. The Bertz CT molecular complexity index is 1320. The number of hydrogen-bond donors (Lipinski definition) is 1. The number of hydrogen-bond acceptors (Lipinski definition) is 5. The van der Waals surface area contributed by atoms with E-state index in [2.05, 4.69) is 60.7 Å². The number of carbonyl (C=O) groups is 2. The molecular weight excluding hydrogens is 542 g/mol. The second-order valence-electron chi connectivity index (χ2n) is 12.4. The maximum absolute atomic E-state index is 14.0. The van der Waals surface area contributed by atoms with Crippen LogP contribution in [0.3, 0.4) is 0 Å². The molecule has 2 aromatic carbocycles. The lowest BCUT2D eigenvalue weighted by atomic mass is 9.63. The van der Waals surface area contributed by atoms with Crippen LogP contribution in [0.15, 0.2) is 69.5 Å². The Kier molecular flexibility index (Phi) is 6.83. The van der Waals surface area contributed by atoms with Crippen molar-refractivity contribution in [2.45, 2.75) is 72.8 Å². The average molecular weight is 579 g/mol. The number of rotatable bonds is 5. The summed E-state index contributed by atoms with van der Waals surface area (Å²) in [7, 11) is 0. The fourth-order valence-corrected chi connectivity index (χ4v) is 6.82. The van der Waals surface area contributed by atoms with Crippen molar-refractivity contribution in [1.82, 2.24) is 4.90 Å². The number of ether oxygens (including phenoxy) is 1. The van der Waals surface area contributed by atoms with E-state index in [0.29, 0.717) is 47.4 Å². The summed E-state index contributed by atoms with van der Waals surface area (Å²) < 4.78 is 6.24. The molecule has 0 fully saturated rings.